The summed E-state index contributed by atoms with van der Waals surface area (Å²) in [6, 6.07) is 0.238. The third kappa shape index (κ3) is 3.46. The minimum absolute atomic E-state index is 0.238. The Labute approximate surface area is 94.6 Å². The van der Waals surface area contributed by atoms with E-state index in [2.05, 4.69) is 13.8 Å². The molecule has 1 aliphatic carbocycles. The molecule has 2 heteroatoms. The van der Waals surface area contributed by atoms with Crippen LogP contribution >= 0.6 is 0 Å². The summed E-state index contributed by atoms with van der Waals surface area (Å²) in [6.45, 7) is 8.16. The second-order valence-corrected chi connectivity index (χ2v) is 5.43. The fourth-order valence-corrected chi connectivity index (χ4v) is 3.04. The van der Waals surface area contributed by atoms with Gasteiger partial charge >= 0.3 is 0 Å². The molecule has 0 heterocycles. The molecular weight excluding hydrogens is 186 g/mol. The molecule has 1 aliphatic rings. The first-order valence-corrected chi connectivity index (χ1v) is 6.44. The summed E-state index contributed by atoms with van der Waals surface area (Å²) in [5.74, 6) is 0.746. The third-order valence-electron chi connectivity index (χ3n) is 3.70. The molecule has 0 aromatic rings. The van der Waals surface area contributed by atoms with E-state index in [4.69, 9.17) is 10.5 Å². The first-order chi connectivity index (χ1) is 7.10. The second-order valence-electron chi connectivity index (χ2n) is 5.43. The van der Waals surface area contributed by atoms with E-state index in [1.165, 1.54) is 32.1 Å². The molecule has 0 aromatic heterocycles. The Balaban J connectivity index is 2.55. The maximum absolute atomic E-state index is 6.32. The molecule has 1 atom stereocenters. The highest BCUT2D eigenvalue weighted by Gasteiger charge is 2.39. The Morgan fingerprint density at radius 2 is 1.87 bits per heavy atom. The lowest BCUT2D eigenvalue weighted by molar-refractivity contribution is 0.0704. The quantitative estimate of drug-likeness (QED) is 0.736. The van der Waals surface area contributed by atoms with Gasteiger partial charge in [0.25, 0.3) is 0 Å². The lowest BCUT2D eigenvalue weighted by atomic mass is 9.73. The first-order valence-electron chi connectivity index (χ1n) is 6.44. The molecule has 15 heavy (non-hydrogen) atoms. The SMILES string of the molecule is CCOCC(N)C1(CC(C)C)CCCC1. The summed E-state index contributed by atoms with van der Waals surface area (Å²) in [5.41, 5.74) is 6.70. The Morgan fingerprint density at radius 3 is 2.33 bits per heavy atom. The zero-order valence-electron chi connectivity index (χ0n) is 10.6. The highest BCUT2D eigenvalue weighted by atomic mass is 16.5. The number of hydrogen-bond acceptors (Lipinski definition) is 2. The van der Waals surface area contributed by atoms with Crippen molar-refractivity contribution in [3.63, 3.8) is 0 Å². The molecule has 0 amide bonds. The van der Waals surface area contributed by atoms with Gasteiger partial charge in [0, 0.05) is 12.6 Å². The van der Waals surface area contributed by atoms with Crippen molar-refractivity contribution in [3.8, 4) is 0 Å². The van der Waals surface area contributed by atoms with Gasteiger partial charge in [0.15, 0.2) is 0 Å². The Morgan fingerprint density at radius 1 is 1.27 bits per heavy atom. The molecule has 90 valence electrons. The zero-order valence-corrected chi connectivity index (χ0v) is 10.6. The Kier molecular flexibility index (Phi) is 5.07. The molecule has 1 rings (SSSR count). The van der Waals surface area contributed by atoms with Crippen molar-refractivity contribution in [2.45, 2.75) is 58.9 Å². The second kappa shape index (κ2) is 5.86. The van der Waals surface area contributed by atoms with Crippen molar-refractivity contribution in [1.82, 2.24) is 0 Å². The van der Waals surface area contributed by atoms with Gasteiger partial charge in [-0.05, 0) is 37.5 Å². The van der Waals surface area contributed by atoms with Crippen molar-refractivity contribution in [2.24, 2.45) is 17.1 Å². The largest absolute Gasteiger partial charge is 0.380 e. The van der Waals surface area contributed by atoms with Gasteiger partial charge in [-0.15, -0.1) is 0 Å². The Hall–Kier alpha value is -0.0800. The van der Waals surface area contributed by atoms with Crippen molar-refractivity contribution >= 4 is 0 Å². The predicted molar refractivity (Wildman–Crippen MR) is 64.8 cm³/mol. The van der Waals surface area contributed by atoms with E-state index in [-0.39, 0.29) is 6.04 Å². The number of hydrogen-bond donors (Lipinski definition) is 1. The van der Waals surface area contributed by atoms with Crippen LogP contribution in [0.2, 0.25) is 0 Å². The zero-order chi connectivity index (χ0) is 11.3. The third-order valence-corrected chi connectivity index (χ3v) is 3.70. The average Bonchev–Trinajstić information content (AvgIpc) is 2.62. The van der Waals surface area contributed by atoms with Crippen molar-refractivity contribution in [3.05, 3.63) is 0 Å². The molecule has 0 bridgehead atoms. The van der Waals surface area contributed by atoms with E-state index in [1.807, 2.05) is 6.92 Å². The summed E-state index contributed by atoms with van der Waals surface area (Å²) >= 11 is 0. The van der Waals surface area contributed by atoms with E-state index >= 15 is 0 Å². The van der Waals surface area contributed by atoms with Crippen LogP contribution in [0.15, 0.2) is 0 Å². The minimum Gasteiger partial charge on any atom is -0.380 e. The molecular formula is C13H27NO. The maximum Gasteiger partial charge on any atom is 0.0622 e. The lowest BCUT2D eigenvalue weighted by Gasteiger charge is -2.36. The van der Waals surface area contributed by atoms with Crippen LogP contribution in [0.3, 0.4) is 0 Å². The van der Waals surface area contributed by atoms with Crippen LogP contribution in [0.25, 0.3) is 0 Å². The van der Waals surface area contributed by atoms with Crippen molar-refractivity contribution in [1.29, 1.82) is 0 Å². The van der Waals surface area contributed by atoms with E-state index < -0.39 is 0 Å². The van der Waals surface area contributed by atoms with Crippen LogP contribution in [0, 0.1) is 11.3 Å². The van der Waals surface area contributed by atoms with Crippen molar-refractivity contribution < 1.29 is 4.74 Å². The van der Waals surface area contributed by atoms with Gasteiger partial charge in [-0.3, -0.25) is 0 Å². The van der Waals surface area contributed by atoms with Gasteiger partial charge in [-0.1, -0.05) is 26.7 Å². The first kappa shape index (κ1) is 13.0. The molecule has 0 aromatic carbocycles. The van der Waals surface area contributed by atoms with Gasteiger partial charge in [0.05, 0.1) is 6.61 Å². The molecule has 2 nitrogen and oxygen atoms in total. The summed E-state index contributed by atoms with van der Waals surface area (Å²) < 4.78 is 5.49. The molecule has 1 fully saturated rings. The van der Waals surface area contributed by atoms with Gasteiger partial charge in [-0.25, -0.2) is 0 Å². The van der Waals surface area contributed by atoms with Gasteiger partial charge in [0.2, 0.25) is 0 Å². The minimum atomic E-state index is 0.238. The van der Waals surface area contributed by atoms with E-state index in [1.54, 1.807) is 0 Å². The smallest absolute Gasteiger partial charge is 0.0622 e. The van der Waals surface area contributed by atoms with Crippen LogP contribution in [0.1, 0.15) is 52.9 Å². The van der Waals surface area contributed by atoms with E-state index in [9.17, 15) is 0 Å². The molecule has 2 N–H and O–H groups in total. The van der Waals surface area contributed by atoms with E-state index in [0.717, 1.165) is 19.1 Å². The standard InChI is InChI=1S/C13H27NO/c1-4-15-10-12(14)13(9-11(2)3)7-5-6-8-13/h11-12H,4-10,14H2,1-3H3. The maximum atomic E-state index is 6.32. The molecule has 0 saturated heterocycles. The van der Waals surface area contributed by atoms with E-state index in [0.29, 0.717) is 5.41 Å². The molecule has 1 unspecified atom stereocenters. The van der Waals surface area contributed by atoms with Crippen LogP contribution in [0.4, 0.5) is 0 Å². The number of rotatable bonds is 6. The predicted octanol–water partition coefficient (Wildman–Crippen LogP) is 2.96. The topological polar surface area (TPSA) is 35.2 Å². The summed E-state index contributed by atoms with van der Waals surface area (Å²) in [6.07, 6.45) is 6.58. The molecule has 0 radical (unpaired) electrons. The highest BCUT2D eigenvalue weighted by molar-refractivity contribution is 4.93. The van der Waals surface area contributed by atoms with Crippen LogP contribution in [-0.4, -0.2) is 19.3 Å². The van der Waals surface area contributed by atoms with Crippen LogP contribution < -0.4 is 5.73 Å². The highest BCUT2D eigenvalue weighted by Crippen LogP contribution is 2.45. The summed E-state index contributed by atoms with van der Waals surface area (Å²) in [7, 11) is 0. The van der Waals surface area contributed by atoms with Crippen molar-refractivity contribution in [2.75, 3.05) is 13.2 Å². The van der Waals surface area contributed by atoms with Gasteiger partial charge in [-0.2, -0.15) is 0 Å². The number of nitrogens with two attached hydrogens (primary N) is 1. The van der Waals surface area contributed by atoms with Crippen LogP contribution in [0.5, 0.6) is 0 Å². The van der Waals surface area contributed by atoms with Gasteiger partial charge < -0.3 is 10.5 Å². The fraction of sp³-hybridized carbons (Fsp3) is 1.00. The van der Waals surface area contributed by atoms with Crippen LogP contribution in [-0.2, 0) is 4.74 Å². The normalized spacial score (nSPS) is 22.2. The lowest BCUT2D eigenvalue weighted by Crippen LogP contribution is -2.44. The van der Waals surface area contributed by atoms with Gasteiger partial charge in [0.1, 0.15) is 0 Å². The molecule has 0 aliphatic heterocycles. The Bertz CT molecular complexity index is 173. The average molecular weight is 213 g/mol. The number of ether oxygens (including phenoxy) is 1. The summed E-state index contributed by atoms with van der Waals surface area (Å²) in [5, 5.41) is 0. The summed E-state index contributed by atoms with van der Waals surface area (Å²) in [4.78, 5) is 0. The fourth-order valence-electron chi connectivity index (χ4n) is 3.04. The molecule has 0 spiro atoms. The molecule has 1 saturated carbocycles. The monoisotopic (exact) mass is 213 g/mol.